The molecule has 0 saturated heterocycles. The van der Waals surface area contributed by atoms with Crippen LogP contribution in [0.25, 0.3) is 0 Å². The number of aliphatic hydroxyl groups is 1. The molecule has 82 valence electrons. The lowest BCUT2D eigenvalue weighted by atomic mass is 9.80. The van der Waals surface area contributed by atoms with Crippen LogP contribution in [0.1, 0.15) is 19.3 Å². The van der Waals surface area contributed by atoms with Gasteiger partial charge in [-0.25, -0.2) is 4.98 Å². The average Bonchev–Trinajstić information content (AvgIpc) is 2.24. The fourth-order valence-corrected chi connectivity index (χ4v) is 1.62. The summed E-state index contributed by atoms with van der Waals surface area (Å²) in [5.41, 5.74) is -0.512. The predicted octanol–water partition coefficient (Wildman–Crippen LogP) is 1.42. The van der Waals surface area contributed by atoms with Gasteiger partial charge in [0.1, 0.15) is 11.6 Å². The minimum absolute atomic E-state index is 0.512. The molecule has 0 aliphatic heterocycles. The van der Waals surface area contributed by atoms with Gasteiger partial charge in [-0.05, 0) is 31.4 Å². The lowest BCUT2D eigenvalue weighted by Crippen LogP contribution is -2.43. The van der Waals surface area contributed by atoms with Crippen LogP contribution in [0.5, 0.6) is 5.75 Å². The van der Waals surface area contributed by atoms with Crippen molar-refractivity contribution in [2.45, 2.75) is 24.9 Å². The molecule has 1 aliphatic rings. The maximum atomic E-state index is 9.86. The molecule has 1 fully saturated rings. The summed E-state index contributed by atoms with van der Waals surface area (Å²) in [4.78, 5) is 4.16. The van der Waals surface area contributed by atoms with Crippen molar-refractivity contribution in [3.8, 4) is 5.75 Å². The summed E-state index contributed by atoms with van der Waals surface area (Å²) in [6.45, 7) is 0.576. The van der Waals surface area contributed by atoms with Crippen LogP contribution in [0.3, 0.4) is 0 Å². The summed E-state index contributed by atoms with van der Waals surface area (Å²) in [5, 5.41) is 13.0. The molecule has 4 heteroatoms. The Kier molecular flexibility index (Phi) is 2.77. The second kappa shape index (κ2) is 4.06. The molecule has 15 heavy (non-hydrogen) atoms. The van der Waals surface area contributed by atoms with E-state index in [9.17, 15) is 5.11 Å². The number of methoxy groups -OCH3 is 1. The molecule has 1 aromatic rings. The first-order valence-corrected chi connectivity index (χ1v) is 5.18. The quantitative estimate of drug-likeness (QED) is 0.785. The number of nitrogens with one attached hydrogen (secondary N) is 1. The molecule has 1 saturated carbocycles. The van der Waals surface area contributed by atoms with Crippen LogP contribution in [0, 0.1) is 0 Å². The number of hydrogen-bond acceptors (Lipinski definition) is 4. The number of nitrogens with zero attached hydrogens (tertiary/aromatic N) is 1. The zero-order chi connectivity index (χ0) is 10.7. The Morgan fingerprint density at radius 1 is 1.53 bits per heavy atom. The summed E-state index contributed by atoms with van der Waals surface area (Å²) < 4.78 is 5.01. The number of aromatic nitrogens is 1. The number of hydrogen-bond donors (Lipinski definition) is 2. The van der Waals surface area contributed by atoms with Gasteiger partial charge in [-0.1, -0.05) is 0 Å². The highest BCUT2D eigenvalue weighted by Gasteiger charge is 2.33. The fraction of sp³-hybridized carbons (Fsp3) is 0.545. The first-order chi connectivity index (χ1) is 7.22. The molecule has 0 aromatic carbocycles. The summed E-state index contributed by atoms with van der Waals surface area (Å²) in [5.74, 6) is 1.51. The minimum atomic E-state index is -0.512. The van der Waals surface area contributed by atoms with E-state index in [0.29, 0.717) is 6.54 Å². The molecule has 0 spiro atoms. The maximum Gasteiger partial charge on any atom is 0.137 e. The van der Waals surface area contributed by atoms with Crippen molar-refractivity contribution in [3.05, 3.63) is 18.3 Å². The molecule has 0 radical (unpaired) electrons. The Morgan fingerprint density at radius 3 is 2.80 bits per heavy atom. The third-order valence-corrected chi connectivity index (χ3v) is 2.85. The van der Waals surface area contributed by atoms with Crippen LogP contribution >= 0.6 is 0 Å². The zero-order valence-corrected chi connectivity index (χ0v) is 8.86. The molecule has 0 bridgehead atoms. The van der Waals surface area contributed by atoms with Crippen LogP contribution in [0.2, 0.25) is 0 Å². The molecule has 0 atom stereocenters. The molecule has 4 nitrogen and oxygen atoms in total. The molecular weight excluding hydrogens is 192 g/mol. The van der Waals surface area contributed by atoms with E-state index in [2.05, 4.69) is 10.3 Å². The van der Waals surface area contributed by atoms with E-state index in [4.69, 9.17) is 4.74 Å². The first-order valence-electron chi connectivity index (χ1n) is 5.18. The van der Waals surface area contributed by atoms with Crippen molar-refractivity contribution in [3.63, 3.8) is 0 Å². The topological polar surface area (TPSA) is 54.4 Å². The van der Waals surface area contributed by atoms with Gasteiger partial charge < -0.3 is 15.2 Å². The largest absolute Gasteiger partial charge is 0.495 e. The normalized spacial score (nSPS) is 18.0. The minimum Gasteiger partial charge on any atom is -0.495 e. The third kappa shape index (κ3) is 2.39. The Morgan fingerprint density at radius 2 is 2.33 bits per heavy atom. The molecule has 1 aliphatic carbocycles. The first kappa shape index (κ1) is 10.2. The van der Waals surface area contributed by atoms with E-state index in [1.54, 1.807) is 13.3 Å². The van der Waals surface area contributed by atoms with Gasteiger partial charge in [0.15, 0.2) is 0 Å². The van der Waals surface area contributed by atoms with Crippen LogP contribution in [-0.2, 0) is 0 Å². The van der Waals surface area contributed by atoms with Gasteiger partial charge in [0, 0.05) is 6.54 Å². The molecule has 2 N–H and O–H groups in total. The van der Waals surface area contributed by atoms with E-state index < -0.39 is 5.60 Å². The molecule has 2 rings (SSSR count). The van der Waals surface area contributed by atoms with Crippen molar-refractivity contribution in [2.24, 2.45) is 0 Å². The van der Waals surface area contributed by atoms with Gasteiger partial charge in [-0.3, -0.25) is 0 Å². The highest BCUT2D eigenvalue weighted by molar-refractivity contribution is 5.37. The van der Waals surface area contributed by atoms with E-state index in [0.717, 1.165) is 30.8 Å². The Hall–Kier alpha value is -1.29. The SMILES string of the molecule is COc1ccc(NCC2(O)CCC2)nc1. The zero-order valence-electron chi connectivity index (χ0n) is 8.86. The van der Waals surface area contributed by atoms with Gasteiger partial charge in [-0.2, -0.15) is 0 Å². The molecular formula is C11H16N2O2. The lowest BCUT2D eigenvalue weighted by molar-refractivity contribution is -0.0202. The Labute approximate surface area is 89.3 Å². The van der Waals surface area contributed by atoms with E-state index >= 15 is 0 Å². The Balaban J connectivity index is 1.87. The van der Waals surface area contributed by atoms with Gasteiger partial charge in [0.05, 0.1) is 18.9 Å². The lowest BCUT2D eigenvalue weighted by Gasteiger charge is -2.36. The van der Waals surface area contributed by atoms with E-state index in [1.807, 2.05) is 12.1 Å². The average molecular weight is 208 g/mol. The van der Waals surface area contributed by atoms with Crippen LogP contribution in [-0.4, -0.2) is 29.3 Å². The number of rotatable bonds is 4. The summed E-state index contributed by atoms with van der Waals surface area (Å²) in [6.07, 6.45) is 4.55. The molecule has 1 heterocycles. The standard InChI is InChI=1S/C11H16N2O2/c1-15-9-3-4-10(12-7-9)13-8-11(14)5-2-6-11/h3-4,7,14H,2,5-6,8H2,1H3,(H,12,13). The van der Waals surface area contributed by atoms with Gasteiger partial charge in [0.2, 0.25) is 0 Å². The summed E-state index contributed by atoms with van der Waals surface area (Å²) >= 11 is 0. The smallest absolute Gasteiger partial charge is 0.137 e. The predicted molar refractivity (Wildman–Crippen MR) is 58.1 cm³/mol. The molecule has 1 aromatic heterocycles. The van der Waals surface area contributed by atoms with Crippen molar-refractivity contribution < 1.29 is 9.84 Å². The Bertz CT molecular complexity index is 320. The van der Waals surface area contributed by atoms with Gasteiger partial charge in [-0.15, -0.1) is 0 Å². The highest BCUT2D eigenvalue weighted by atomic mass is 16.5. The van der Waals surface area contributed by atoms with Crippen molar-refractivity contribution >= 4 is 5.82 Å². The molecule has 0 amide bonds. The second-order valence-electron chi connectivity index (χ2n) is 4.01. The van der Waals surface area contributed by atoms with Crippen LogP contribution in [0.4, 0.5) is 5.82 Å². The number of pyridine rings is 1. The van der Waals surface area contributed by atoms with Crippen molar-refractivity contribution in [2.75, 3.05) is 19.0 Å². The maximum absolute atomic E-state index is 9.86. The third-order valence-electron chi connectivity index (χ3n) is 2.85. The van der Waals surface area contributed by atoms with Crippen molar-refractivity contribution in [1.82, 2.24) is 4.98 Å². The van der Waals surface area contributed by atoms with Crippen LogP contribution < -0.4 is 10.1 Å². The fourth-order valence-electron chi connectivity index (χ4n) is 1.62. The number of ether oxygens (including phenoxy) is 1. The van der Waals surface area contributed by atoms with Gasteiger partial charge >= 0.3 is 0 Å². The van der Waals surface area contributed by atoms with E-state index in [-0.39, 0.29) is 0 Å². The second-order valence-corrected chi connectivity index (χ2v) is 4.01. The van der Waals surface area contributed by atoms with Crippen LogP contribution in [0.15, 0.2) is 18.3 Å². The van der Waals surface area contributed by atoms with Gasteiger partial charge in [0.25, 0.3) is 0 Å². The monoisotopic (exact) mass is 208 g/mol. The van der Waals surface area contributed by atoms with E-state index in [1.165, 1.54) is 0 Å². The molecule has 0 unspecified atom stereocenters. The van der Waals surface area contributed by atoms with Crippen molar-refractivity contribution in [1.29, 1.82) is 0 Å². The summed E-state index contributed by atoms with van der Waals surface area (Å²) in [6, 6.07) is 3.70. The highest BCUT2D eigenvalue weighted by Crippen LogP contribution is 2.31. The number of anilines is 1. The summed E-state index contributed by atoms with van der Waals surface area (Å²) in [7, 11) is 1.61.